The van der Waals surface area contributed by atoms with Gasteiger partial charge in [-0.25, -0.2) is 9.18 Å². The van der Waals surface area contributed by atoms with E-state index >= 15 is 0 Å². The molecule has 0 spiro atoms. The monoisotopic (exact) mass is 223 g/mol. The molecule has 2 aromatic rings. The number of carboxylic acid groups (broad SMARTS) is 1. The molecule has 6 heteroatoms. The van der Waals surface area contributed by atoms with Crippen LogP contribution in [0.25, 0.3) is 11.3 Å². The third-order valence-corrected chi connectivity index (χ3v) is 1.96. The fraction of sp³-hybridized carbons (Fsp3) is 0. The number of nitrogens with zero attached hydrogens (tertiary/aromatic N) is 1. The van der Waals surface area contributed by atoms with Gasteiger partial charge in [0, 0.05) is 11.6 Å². The third kappa shape index (κ3) is 1.72. The van der Waals surface area contributed by atoms with Gasteiger partial charge in [-0.15, -0.1) is 0 Å². The summed E-state index contributed by atoms with van der Waals surface area (Å²) in [6.45, 7) is 0. The molecule has 2 N–H and O–H groups in total. The average molecular weight is 223 g/mol. The molecule has 0 amide bonds. The number of phenolic OH excluding ortho intramolecular Hbond substituents is 1. The molecule has 0 unspecified atom stereocenters. The number of rotatable bonds is 2. The van der Waals surface area contributed by atoms with Crippen LogP contribution in [0.1, 0.15) is 10.5 Å². The third-order valence-electron chi connectivity index (χ3n) is 1.96. The van der Waals surface area contributed by atoms with Gasteiger partial charge in [-0.2, -0.15) is 0 Å². The number of phenols is 1. The Morgan fingerprint density at radius 3 is 2.69 bits per heavy atom. The molecule has 0 saturated heterocycles. The molecule has 1 heterocycles. The summed E-state index contributed by atoms with van der Waals surface area (Å²) in [6.07, 6.45) is 0. The molecule has 16 heavy (non-hydrogen) atoms. The van der Waals surface area contributed by atoms with Gasteiger partial charge < -0.3 is 14.7 Å². The summed E-state index contributed by atoms with van der Waals surface area (Å²) in [6, 6.07) is 4.74. The standard InChI is InChI=1S/C10H6FNO4/c11-6-3-5(1-2-8(6)13)9-4-7(10(14)15)12-16-9/h1-4,13H,(H,14,15). The minimum absolute atomic E-state index is 0.122. The normalized spacial score (nSPS) is 10.3. The summed E-state index contributed by atoms with van der Waals surface area (Å²) >= 11 is 0. The number of aromatic carboxylic acids is 1. The number of aromatic hydroxyl groups is 1. The van der Waals surface area contributed by atoms with E-state index in [2.05, 4.69) is 5.16 Å². The molecule has 0 radical (unpaired) electrons. The van der Waals surface area contributed by atoms with E-state index in [-0.39, 0.29) is 11.5 Å². The Balaban J connectivity index is 2.42. The second kappa shape index (κ2) is 3.65. The predicted molar refractivity (Wildman–Crippen MR) is 50.5 cm³/mol. The Morgan fingerprint density at radius 2 is 2.12 bits per heavy atom. The van der Waals surface area contributed by atoms with E-state index in [1.165, 1.54) is 12.1 Å². The number of benzene rings is 1. The Labute approximate surface area is 88.7 Å². The van der Waals surface area contributed by atoms with Crippen molar-refractivity contribution in [2.24, 2.45) is 0 Å². The van der Waals surface area contributed by atoms with Crippen LogP contribution >= 0.6 is 0 Å². The smallest absolute Gasteiger partial charge is 0.358 e. The van der Waals surface area contributed by atoms with Gasteiger partial charge in [0.05, 0.1) is 0 Å². The molecule has 1 aromatic heterocycles. The molecule has 0 saturated carbocycles. The van der Waals surface area contributed by atoms with Crippen molar-refractivity contribution in [3.05, 3.63) is 35.8 Å². The maximum atomic E-state index is 13.0. The minimum atomic E-state index is -1.23. The van der Waals surface area contributed by atoms with Crippen LogP contribution in [0, 0.1) is 5.82 Å². The van der Waals surface area contributed by atoms with E-state index in [0.717, 1.165) is 12.1 Å². The van der Waals surface area contributed by atoms with E-state index in [4.69, 9.17) is 14.7 Å². The summed E-state index contributed by atoms with van der Waals surface area (Å²) < 4.78 is 17.7. The molecular weight excluding hydrogens is 217 g/mol. The van der Waals surface area contributed by atoms with Crippen LogP contribution in [-0.4, -0.2) is 21.3 Å². The summed E-state index contributed by atoms with van der Waals surface area (Å²) in [7, 11) is 0. The van der Waals surface area contributed by atoms with Gasteiger partial charge in [-0.1, -0.05) is 5.16 Å². The molecule has 0 fully saturated rings. The lowest BCUT2D eigenvalue weighted by molar-refractivity contribution is 0.0686. The number of carbonyl (C=O) groups is 1. The lowest BCUT2D eigenvalue weighted by atomic mass is 10.1. The summed E-state index contributed by atoms with van der Waals surface area (Å²) in [5.41, 5.74) is 0.0405. The molecule has 0 aliphatic rings. The number of aromatic nitrogens is 1. The molecule has 0 atom stereocenters. The first kappa shape index (κ1) is 10.2. The second-order valence-corrected chi connectivity index (χ2v) is 3.05. The molecular formula is C10H6FNO4. The Kier molecular flexibility index (Phi) is 2.32. The molecule has 0 bridgehead atoms. The van der Waals surface area contributed by atoms with Crippen molar-refractivity contribution >= 4 is 5.97 Å². The van der Waals surface area contributed by atoms with Crippen LogP contribution in [0.15, 0.2) is 28.8 Å². The summed E-state index contributed by atoms with van der Waals surface area (Å²) in [4.78, 5) is 10.5. The first-order valence-corrected chi connectivity index (χ1v) is 4.27. The van der Waals surface area contributed by atoms with Crippen LogP contribution in [0.5, 0.6) is 5.75 Å². The summed E-state index contributed by atoms with van der Waals surface area (Å²) in [5.74, 6) is -2.40. The highest BCUT2D eigenvalue weighted by Gasteiger charge is 2.13. The molecule has 1 aromatic carbocycles. The van der Waals surface area contributed by atoms with Crippen LogP contribution in [0.4, 0.5) is 4.39 Å². The first-order valence-electron chi connectivity index (χ1n) is 4.27. The van der Waals surface area contributed by atoms with Gasteiger partial charge in [0.2, 0.25) is 0 Å². The van der Waals surface area contributed by atoms with Gasteiger partial charge in [0.1, 0.15) is 0 Å². The Morgan fingerprint density at radius 1 is 1.38 bits per heavy atom. The van der Waals surface area contributed by atoms with Gasteiger partial charge >= 0.3 is 5.97 Å². The van der Waals surface area contributed by atoms with Crippen LogP contribution in [0.2, 0.25) is 0 Å². The molecule has 82 valence electrons. The van der Waals surface area contributed by atoms with E-state index in [1.54, 1.807) is 0 Å². The van der Waals surface area contributed by atoms with Crippen LogP contribution < -0.4 is 0 Å². The van der Waals surface area contributed by atoms with Gasteiger partial charge in [-0.3, -0.25) is 0 Å². The molecule has 0 aliphatic heterocycles. The molecule has 0 aliphatic carbocycles. The van der Waals surface area contributed by atoms with Crippen LogP contribution in [0.3, 0.4) is 0 Å². The van der Waals surface area contributed by atoms with Crippen molar-refractivity contribution < 1.29 is 23.9 Å². The van der Waals surface area contributed by atoms with Crippen molar-refractivity contribution in [2.75, 3.05) is 0 Å². The fourth-order valence-corrected chi connectivity index (χ4v) is 1.17. The number of carboxylic acids is 1. The van der Waals surface area contributed by atoms with Crippen molar-refractivity contribution in [1.29, 1.82) is 0 Å². The zero-order valence-corrected chi connectivity index (χ0v) is 7.85. The fourth-order valence-electron chi connectivity index (χ4n) is 1.17. The van der Waals surface area contributed by atoms with E-state index in [0.29, 0.717) is 5.56 Å². The Hall–Kier alpha value is -2.37. The highest BCUT2D eigenvalue weighted by atomic mass is 19.1. The Bertz CT molecular complexity index is 550. The van der Waals surface area contributed by atoms with Crippen molar-refractivity contribution in [3.63, 3.8) is 0 Å². The zero-order valence-electron chi connectivity index (χ0n) is 7.85. The second-order valence-electron chi connectivity index (χ2n) is 3.05. The molecule has 5 nitrogen and oxygen atoms in total. The SMILES string of the molecule is O=C(O)c1cc(-c2ccc(O)c(F)c2)on1. The maximum absolute atomic E-state index is 13.0. The van der Waals surface area contributed by atoms with Gasteiger partial charge in [-0.05, 0) is 18.2 Å². The van der Waals surface area contributed by atoms with Crippen molar-refractivity contribution in [3.8, 4) is 17.1 Å². The lowest BCUT2D eigenvalue weighted by Gasteiger charge is -1.97. The van der Waals surface area contributed by atoms with E-state index in [1.807, 2.05) is 0 Å². The highest BCUT2D eigenvalue weighted by molar-refractivity contribution is 5.86. The lowest BCUT2D eigenvalue weighted by Crippen LogP contribution is -1.94. The van der Waals surface area contributed by atoms with E-state index in [9.17, 15) is 9.18 Å². The number of hydrogen-bond acceptors (Lipinski definition) is 4. The number of halogens is 1. The predicted octanol–water partition coefficient (Wildman–Crippen LogP) is 1.88. The van der Waals surface area contributed by atoms with E-state index < -0.39 is 17.5 Å². The number of hydrogen-bond donors (Lipinski definition) is 2. The summed E-state index contributed by atoms with van der Waals surface area (Å²) in [5, 5.41) is 20.9. The first-order chi connectivity index (χ1) is 7.58. The molecule has 2 rings (SSSR count). The van der Waals surface area contributed by atoms with Gasteiger partial charge in [0.25, 0.3) is 0 Å². The topological polar surface area (TPSA) is 83.6 Å². The minimum Gasteiger partial charge on any atom is -0.505 e. The largest absolute Gasteiger partial charge is 0.505 e. The zero-order chi connectivity index (χ0) is 11.7. The highest BCUT2D eigenvalue weighted by Crippen LogP contribution is 2.25. The van der Waals surface area contributed by atoms with Crippen LogP contribution in [-0.2, 0) is 0 Å². The van der Waals surface area contributed by atoms with Crippen molar-refractivity contribution in [2.45, 2.75) is 0 Å². The quantitative estimate of drug-likeness (QED) is 0.812. The average Bonchev–Trinajstić information content (AvgIpc) is 2.71. The van der Waals surface area contributed by atoms with Gasteiger partial charge in [0.15, 0.2) is 23.0 Å². The van der Waals surface area contributed by atoms with Crippen molar-refractivity contribution in [1.82, 2.24) is 5.16 Å². The maximum Gasteiger partial charge on any atom is 0.358 e.